The van der Waals surface area contributed by atoms with Crippen molar-refractivity contribution in [3.05, 3.63) is 0 Å². The fraction of sp³-hybridized carbons (Fsp3) is 1.00. The van der Waals surface area contributed by atoms with Crippen molar-refractivity contribution in [3.8, 4) is 0 Å². The molecule has 0 heterocycles. The third-order valence-corrected chi connectivity index (χ3v) is 0. The zero-order valence-electron chi connectivity index (χ0n) is 4.56. The van der Waals surface area contributed by atoms with Crippen molar-refractivity contribution in [2.24, 2.45) is 0 Å². The van der Waals surface area contributed by atoms with E-state index in [1.807, 2.05) is 0 Å². The van der Waals surface area contributed by atoms with Gasteiger partial charge in [-0.1, -0.05) is 6.92 Å². The first-order valence-electron chi connectivity index (χ1n) is 1.05. The van der Waals surface area contributed by atoms with Gasteiger partial charge in [-0.2, -0.15) is 0 Å². The molecular weight excluding hydrogens is 264 g/mol. The Hall–Kier alpha value is 2.41. The van der Waals surface area contributed by atoms with E-state index >= 15 is 0 Å². The molecule has 0 atom stereocenters. The van der Waals surface area contributed by atoms with Gasteiger partial charge in [0.2, 0.25) is 0 Å². The molecule has 6 heteroatoms. The third kappa shape index (κ3) is 79.4. The van der Waals surface area contributed by atoms with Crippen LogP contribution in [0.1, 0.15) is 6.92 Å². The molecule has 0 aliphatic heterocycles. The number of rotatable bonds is 0. The van der Waals surface area contributed by atoms with Crippen LogP contribution in [0.3, 0.4) is 0 Å². The van der Waals surface area contributed by atoms with E-state index in [9.17, 15) is 0 Å². The Kier molecular flexibility index (Phi) is 89.5. The molecular formula is C2H4Br2Mg2O2. The van der Waals surface area contributed by atoms with Gasteiger partial charge in [-0.15, -0.1) is 0 Å². The van der Waals surface area contributed by atoms with E-state index in [-0.39, 0.29) is 80.1 Å². The van der Waals surface area contributed by atoms with Crippen LogP contribution in [-0.4, -0.2) is 52.4 Å². The Balaban J connectivity index is -0.00000000750. The van der Waals surface area contributed by atoms with Crippen LogP contribution in [0.25, 0.3) is 0 Å². The van der Waals surface area contributed by atoms with Crippen LogP contribution in [0.5, 0.6) is 0 Å². The Morgan fingerprint density at radius 1 is 1.00 bits per heavy atom. The summed E-state index contributed by atoms with van der Waals surface area (Å²) in [6.07, 6.45) is -1.67. The summed E-state index contributed by atoms with van der Waals surface area (Å²) in [6.45, 7) is 1.06. The van der Waals surface area contributed by atoms with Crippen molar-refractivity contribution in [1.29, 1.82) is 0 Å². The molecule has 0 aromatic heterocycles. The van der Waals surface area contributed by atoms with Gasteiger partial charge in [-0.05, 0) is 0 Å². The van der Waals surface area contributed by atoms with E-state index in [0.717, 1.165) is 6.92 Å². The van der Waals surface area contributed by atoms with Gasteiger partial charge in [0, 0.05) is 0 Å². The minimum atomic E-state index is -1.67. The van der Waals surface area contributed by atoms with Crippen molar-refractivity contribution < 1.29 is 44.2 Å². The van der Waals surface area contributed by atoms with E-state index in [1.54, 1.807) is 0 Å². The van der Waals surface area contributed by atoms with Crippen LogP contribution in [0.4, 0.5) is 0 Å². The van der Waals surface area contributed by atoms with Crippen LogP contribution in [0.15, 0.2) is 0 Å². The van der Waals surface area contributed by atoms with Crippen LogP contribution >= 0.6 is 0 Å². The van der Waals surface area contributed by atoms with Crippen LogP contribution in [-0.2, 0) is 0 Å². The predicted molar refractivity (Wildman–Crippen MR) is 21.0 cm³/mol. The Labute approximate surface area is 102 Å². The maximum atomic E-state index is 8.97. The van der Waals surface area contributed by atoms with Crippen molar-refractivity contribution in [1.82, 2.24) is 0 Å². The molecule has 0 fully saturated rings. The first-order valence-corrected chi connectivity index (χ1v) is 1.05. The minimum absolute atomic E-state index is 0. The molecule has 42 valence electrons. The summed E-state index contributed by atoms with van der Waals surface area (Å²) in [4.78, 5) is 0. The topological polar surface area (TPSA) is 46.1 Å². The van der Waals surface area contributed by atoms with Gasteiger partial charge in [0.25, 0.3) is 0 Å². The molecule has 0 aromatic rings. The van der Waals surface area contributed by atoms with Gasteiger partial charge in [0.15, 0.2) is 0 Å². The minimum Gasteiger partial charge on any atom is -1.00 e. The average Bonchev–Trinajstić information content (AvgIpc) is 0.811. The van der Waals surface area contributed by atoms with Crippen molar-refractivity contribution in [2.45, 2.75) is 13.2 Å². The van der Waals surface area contributed by atoms with Gasteiger partial charge >= 0.3 is 46.1 Å². The smallest absolute Gasteiger partial charge is 1.00 e. The Morgan fingerprint density at radius 2 is 1.00 bits per heavy atom. The summed E-state index contributed by atoms with van der Waals surface area (Å²) in [7, 11) is 0. The molecule has 0 rings (SSSR count). The van der Waals surface area contributed by atoms with E-state index < -0.39 is 6.29 Å². The molecule has 0 saturated heterocycles. The van der Waals surface area contributed by atoms with Crippen LogP contribution in [0.2, 0.25) is 0 Å². The number of hydrogen-bond acceptors (Lipinski definition) is 2. The molecule has 2 nitrogen and oxygen atoms in total. The molecule has 0 radical (unpaired) electrons. The van der Waals surface area contributed by atoms with E-state index in [4.69, 9.17) is 10.2 Å². The van der Waals surface area contributed by atoms with Crippen LogP contribution in [0, 0.1) is 0 Å². The number of hydrogen-bond donors (Lipinski definition) is 0. The molecule has 0 spiro atoms. The fourth-order valence-corrected chi connectivity index (χ4v) is 0. The fourth-order valence-electron chi connectivity index (χ4n) is 0. The summed E-state index contributed by atoms with van der Waals surface area (Å²) < 4.78 is 0. The normalized spacial score (nSPS) is 4.50. The standard InChI is InChI=1S/C2H4O2.2BrH.2Mg/c1-2(3)4;;;;/h2H,1H3;2*1H;;/q-2;;;2*+2/p-2. The summed E-state index contributed by atoms with van der Waals surface area (Å²) in [5, 5.41) is 17.9. The van der Waals surface area contributed by atoms with Gasteiger partial charge in [-0.3, -0.25) is 0 Å². The van der Waals surface area contributed by atoms with Crippen molar-refractivity contribution >= 4 is 46.1 Å². The SMILES string of the molecule is CC([O-])[O-].[Br-].[Br-].[Mg+2].[Mg+2]. The first kappa shape index (κ1) is 31.5. The van der Waals surface area contributed by atoms with Crippen molar-refractivity contribution in [3.63, 3.8) is 0 Å². The Bertz CT molecular complexity index is 20.8. The average molecular weight is 268 g/mol. The van der Waals surface area contributed by atoms with Gasteiger partial charge in [0.05, 0.1) is 0 Å². The van der Waals surface area contributed by atoms with Gasteiger partial charge in [0.1, 0.15) is 0 Å². The number of halogens is 2. The summed E-state index contributed by atoms with van der Waals surface area (Å²) >= 11 is 0. The second-order valence-corrected chi connectivity index (χ2v) is 0.568. The predicted octanol–water partition coefficient (Wildman–Crippen LogP) is -8.70. The maximum Gasteiger partial charge on any atom is 2.00 e. The molecule has 0 bridgehead atoms. The molecule has 0 aliphatic rings. The second-order valence-electron chi connectivity index (χ2n) is 0.568. The summed E-state index contributed by atoms with van der Waals surface area (Å²) in [6, 6.07) is 0. The van der Waals surface area contributed by atoms with E-state index in [2.05, 4.69) is 0 Å². The van der Waals surface area contributed by atoms with Gasteiger partial charge < -0.3 is 44.2 Å². The largest absolute Gasteiger partial charge is 2.00 e. The first-order chi connectivity index (χ1) is 1.73. The molecule has 8 heavy (non-hydrogen) atoms. The monoisotopic (exact) mass is 266 g/mol. The second kappa shape index (κ2) is 22.7. The quantitative estimate of drug-likeness (QED) is 0.324. The zero-order valence-corrected chi connectivity index (χ0v) is 10.6. The van der Waals surface area contributed by atoms with E-state index in [0.29, 0.717) is 0 Å². The maximum absolute atomic E-state index is 8.97. The summed E-state index contributed by atoms with van der Waals surface area (Å²) in [5.74, 6) is 0. The van der Waals surface area contributed by atoms with E-state index in [1.165, 1.54) is 0 Å². The molecule has 0 unspecified atom stereocenters. The van der Waals surface area contributed by atoms with Crippen molar-refractivity contribution in [2.75, 3.05) is 0 Å². The molecule has 0 saturated carbocycles. The molecule has 0 amide bonds. The van der Waals surface area contributed by atoms with Crippen LogP contribution < -0.4 is 44.2 Å². The summed E-state index contributed by atoms with van der Waals surface area (Å²) in [5.41, 5.74) is 0. The Morgan fingerprint density at radius 3 is 1.00 bits per heavy atom. The molecule has 0 N–H and O–H groups in total. The molecule has 0 aromatic carbocycles. The third-order valence-electron chi connectivity index (χ3n) is 0. The molecule has 0 aliphatic carbocycles. The van der Waals surface area contributed by atoms with Gasteiger partial charge in [-0.25, -0.2) is 6.29 Å². The zero-order chi connectivity index (χ0) is 3.58.